The molecule has 0 unspecified atom stereocenters. The number of primary amides is 1. The fourth-order valence-corrected chi connectivity index (χ4v) is 5.54. The lowest BCUT2D eigenvalue weighted by Crippen LogP contribution is -2.34. The van der Waals surface area contributed by atoms with Crippen LogP contribution >= 0.6 is 11.6 Å². The number of ether oxygens (including phenoxy) is 1. The summed E-state index contributed by atoms with van der Waals surface area (Å²) in [4.78, 5) is 25.4. The molecule has 3 aromatic rings. The number of hydrogen-bond donors (Lipinski definition) is 4. The Bertz CT molecular complexity index is 1300. The first-order valence-corrected chi connectivity index (χ1v) is 15.0. The van der Waals surface area contributed by atoms with Crippen molar-refractivity contribution < 1.29 is 14.6 Å². The molecular weight excluding hydrogens is 540 g/mol. The summed E-state index contributed by atoms with van der Waals surface area (Å²) in [6.07, 6.45) is 10.4. The van der Waals surface area contributed by atoms with Gasteiger partial charge in [0.15, 0.2) is 5.65 Å². The van der Waals surface area contributed by atoms with Crippen LogP contribution < -0.4 is 16.2 Å². The molecule has 1 saturated heterocycles. The number of allylic oxidation sites excluding steroid dienone is 2. The van der Waals surface area contributed by atoms with Crippen LogP contribution in [0.25, 0.3) is 22.6 Å². The summed E-state index contributed by atoms with van der Waals surface area (Å²) in [5, 5.41) is 9.49. The highest BCUT2D eigenvalue weighted by Gasteiger charge is 2.25. The van der Waals surface area contributed by atoms with Crippen LogP contribution in [0.5, 0.6) is 5.75 Å². The monoisotopic (exact) mass is 584 g/mol. The van der Waals surface area contributed by atoms with Gasteiger partial charge in [0.25, 0.3) is 0 Å². The number of benzene rings is 1. The molecule has 5 rings (SSSR count). The van der Waals surface area contributed by atoms with Gasteiger partial charge < -0.3 is 31.2 Å². The molecule has 10 heteroatoms. The topological polar surface area (TPSA) is 143 Å². The van der Waals surface area contributed by atoms with E-state index >= 15 is 0 Å². The number of hydrogen-bond acceptors (Lipinski definition) is 7. The number of anilines is 1. The average Bonchev–Trinajstić information content (AvgIpc) is 3.44. The number of amides is 1. The number of fused-ring (bicyclic) bond motifs is 1. The first-order chi connectivity index (χ1) is 19.8. The highest BCUT2D eigenvalue weighted by atomic mass is 35.5. The maximum absolute atomic E-state index is 10.7. The lowest BCUT2D eigenvalue weighted by molar-refractivity contribution is -0.122. The highest BCUT2D eigenvalue weighted by molar-refractivity contribution is 6.34. The molecule has 1 amide bonds. The molecule has 1 aromatic carbocycles. The first kappa shape index (κ1) is 32.4. The molecular formula is C31H45ClN6O3. The number of aromatic nitrogens is 3. The SMILES string of the molecule is CC.COc1ccc(-c2nc3ncc(Cl)c(N)c3[nH]2)c(C2CCN(CCCO)CC2)c1.C[C@@H]1C=CC[C@H](C(N)=O)C1. The van der Waals surface area contributed by atoms with Gasteiger partial charge in [-0.15, -0.1) is 0 Å². The summed E-state index contributed by atoms with van der Waals surface area (Å²) in [7, 11) is 1.68. The number of aromatic amines is 1. The van der Waals surface area contributed by atoms with Crippen molar-refractivity contribution in [2.24, 2.45) is 17.6 Å². The van der Waals surface area contributed by atoms with Crippen LogP contribution in [0, 0.1) is 11.8 Å². The lowest BCUT2D eigenvalue weighted by Gasteiger charge is -2.32. The second-order valence-electron chi connectivity index (χ2n) is 10.4. The summed E-state index contributed by atoms with van der Waals surface area (Å²) in [5.74, 6) is 2.43. The van der Waals surface area contributed by atoms with Gasteiger partial charge in [0.2, 0.25) is 5.91 Å². The summed E-state index contributed by atoms with van der Waals surface area (Å²) < 4.78 is 5.49. The highest BCUT2D eigenvalue weighted by Crippen LogP contribution is 2.38. The molecule has 0 saturated carbocycles. The van der Waals surface area contributed by atoms with Crippen molar-refractivity contribution in [3.8, 4) is 17.1 Å². The van der Waals surface area contributed by atoms with E-state index in [0.717, 1.165) is 68.9 Å². The molecule has 1 fully saturated rings. The maximum atomic E-state index is 10.7. The zero-order chi connectivity index (χ0) is 29.9. The molecule has 1 aliphatic heterocycles. The van der Waals surface area contributed by atoms with Crippen LogP contribution in [0.1, 0.15) is 64.4 Å². The van der Waals surface area contributed by atoms with Crippen molar-refractivity contribution in [1.29, 1.82) is 0 Å². The number of halogens is 1. The molecule has 3 heterocycles. The fourth-order valence-electron chi connectivity index (χ4n) is 5.39. The minimum atomic E-state index is -0.156. The van der Waals surface area contributed by atoms with Crippen molar-refractivity contribution in [3.05, 3.63) is 47.1 Å². The van der Waals surface area contributed by atoms with Gasteiger partial charge in [-0.1, -0.05) is 44.5 Å². The predicted molar refractivity (Wildman–Crippen MR) is 167 cm³/mol. The van der Waals surface area contributed by atoms with Crippen molar-refractivity contribution in [2.45, 2.75) is 58.8 Å². The van der Waals surface area contributed by atoms with E-state index in [1.54, 1.807) is 7.11 Å². The van der Waals surface area contributed by atoms with Crippen molar-refractivity contribution >= 4 is 34.4 Å². The Balaban J connectivity index is 0.000000324. The zero-order valence-corrected chi connectivity index (χ0v) is 25.5. The molecule has 2 atom stereocenters. The van der Waals surface area contributed by atoms with E-state index in [2.05, 4.69) is 38.9 Å². The van der Waals surface area contributed by atoms with Gasteiger partial charge in [-0.25, -0.2) is 9.97 Å². The maximum Gasteiger partial charge on any atom is 0.220 e. The molecule has 2 aliphatic rings. The Hall–Kier alpha value is -3.14. The number of nitrogen functional groups attached to an aromatic ring is 1. The van der Waals surface area contributed by atoms with Gasteiger partial charge in [0.05, 0.1) is 24.0 Å². The Morgan fingerprint density at radius 3 is 2.61 bits per heavy atom. The number of nitrogens with zero attached hydrogens (tertiary/aromatic N) is 3. The van der Waals surface area contributed by atoms with E-state index in [9.17, 15) is 4.79 Å². The van der Waals surface area contributed by atoms with Crippen molar-refractivity contribution in [1.82, 2.24) is 19.9 Å². The van der Waals surface area contributed by atoms with E-state index in [4.69, 9.17) is 32.9 Å². The van der Waals surface area contributed by atoms with Crippen LogP contribution in [0.15, 0.2) is 36.5 Å². The Labute approximate surface area is 248 Å². The molecule has 41 heavy (non-hydrogen) atoms. The lowest BCUT2D eigenvalue weighted by atomic mass is 9.86. The second kappa shape index (κ2) is 15.7. The summed E-state index contributed by atoms with van der Waals surface area (Å²) in [6.45, 7) is 9.33. The number of rotatable bonds is 7. The number of aliphatic hydroxyl groups excluding tert-OH is 1. The molecule has 224 valence electrons. The normalized spacial score (nSPS) is 19.2. The molecule has 6 N–H and O–H groups in total. The Kier molecular flexibility index (Phi) is 12.4. The number of nitrogens with two attached hydrogens (primary N) is 2. The minimum absolute atomic E-state index is 0.0833. The summed E-state index contributed by atoms with van der Waals surface area (Å²) >= 11 is 6.11. The number of carbonyl (C=O) groups is 1. The number of nitrogens with one attached hydrogen (secondary N) is 1. The molecule has 0 radical (unpaired) electrons. The molecule has 0 bridgehead atoms. The van der Waals surface area contributed by atoms with Gasteiger partial charge in [0, 0.05) is 24.6 Å². The van der Waals surface area contributed by atoms with Crippen LogP contribution in [0.3, 0.4) is 0 Å². The van der Waals surface area contributed by atoms with Crippen LogP contribution in [-0.2, 0) is 4.79 Å². The van der Waals surface area contributed by atoms with Crippen LogP contribution in [0.4, 0.5) is 5.69 Å². The van der Waals surface area contributed by atoms with Gasteiger partial charge in [-0.05, 0) is 80.8 Å². The number of pyridine rings is 1. The third-order valence-electron chi connectivity index (χ3n) is 7.63. The minimum Gasteiger partial charge on any atom is -0.497 e. The first-order valence-electron chi connectivity index (χ1n) is 14.6. The number of methoxy groups -OCH3 is 1. The van der Waals surface area contributed by atoms with Gasteiger partial charge in [0.1, 0.15) is 17.1 Å². The van der Waals surface area contributed by atoms with E-state index in [1.807, 2.05) is 32.1 Å². The van der Waals surface area contributed by atoms with E-state index in [-0.39, 0.29) is 18.4 Å². The van der Waals surface area contributed by atoms with Gasteiger partial charge >= 0.3 is 0 Å². The van der Waals surface area contributed by atoms with E-state index in [1.165, 1.54) is 11.8 Å². The van der Waals surface area contributed by atoms with Crippen molar-refractivity contribution in [3.63, 3.8) is 0 Å². The van der Waals surface area contributed by atoms with Crippen LogP contribution in [-0.4, -0.2) is 64.2 Å². The third-order valence-corrected chi connectivity index (χ3v) is 7.93. The smallest absolute Gasteiger partial charge is 0.220 e. The zero-order valence-electron chi connectivity index (χ0n) is 24.7. The summed E-state index contributed by atoms with van der Waals surface area (Å²) in [5.41, 5.74) is 15.2. The number of H-pyrrole nitrogens is 1. The largest absolute Gasteiger partial charge is 0.497 e. The molecule has 2 aromatic heterocycles. The summed E-state index contributed by atoms with van der Waals surface area (Å²) in [6, 6.07) is 6.11. The number of likely N-dealkylation sites (tertiary alicyclic amines) is 1. The van der Waals surface area contributed by atoms with Crippen molar-refractivity contribution in [2.75, 3.05) is 39.1 Å². The standard InChI is InChI=1S/C21H26ClN5O2.C8H13NO.C2H6/c1-29-14-3-4-15(20-25-19-18(23)17(22)12-24-21(19)26-20)16(11-14)13-5-8-27(9-6-13)7-2-10-28;1-6-3-2-4-7(5-6)8(9)10;1-2/h3-4,11-13,28H,2,5-10H2,1H3,(H3,23,24,25,26);2-3,6-7H,4-5H2,1H3,(H2,9,10);1-2H3/t;6-,7+;/m.1./s1. The van der Waals surface area contributed by atoms with Crippen LogP contribution in [0.2, 0.25) is 5.02 Å². The Morgan fingerprint density at radius 1 is 1.27 bits per heavy atom. The number of carbonyl (C=O) groups excluding carboxylic acids is 1. The number of imidazole rings is 1. The molecule has 1 aliphatic carbocycles. The third kappa shape index (κ3) is 8.44. The van der Waals surface area contributed by atoms with Gasteiger partial charge in [-0.3, -0.25) is 4.79 Å². The average molecular weight is 585 g/mol. The number of aliphatic hydroxyl groups is 1. The predicted octanol–water partition coefficient (Wildman–Crippen LogP) is 5.53. The quantitative estimate of drug-likeness (QED) is 0.267. The Morgan fingerprint density at radius 2 is 2.00 bits per heavy atom. The molecule has 0 spiro atoms. The number of piperidine rings is 1. The van der Waals surface area contributed by atoms with E-state index in [0.29, 0.717) is 33.7 Å². The second-order valence-corrected chi connectivity index (χ2v) is 10.8. The van der Waals surface area contributed by atoms with E-state index < -0.39 is 0 Å². The van der Waals surface area contributed by atoms with Gasteiger partial charge in [-0.2, -0.15) is 0 Å². The fraction of sp³-hybridized carbons (Fsp3) is 0.516. The molecule has 9 nitrogen and oxygen atoms in total.